The van der Waals surface area contributed by atoms with Gasteiger partial charge >= 0.3 is 6.18 Å². The lowest BCUT2D eigenvalue weighted by molar-refractivity contribution is -0.154. The van der Waals surface area contributed by atoms with Crippen molar-refractivity contribution in [2.75, 3.05) is 19.0 Å². The van der Waals surface area contributed by atoms with Crippen molar-refractivity contribution in [2.45, 2.75) is 12.6 Å². The Balaban J connectivity index is 1.93. The van der Waals surface area contributed by atoms with Crippen LogP contribution < -0.4 is 15.4 Å². The van der Waals surface area contributed by atoms with Gasteiger partial charge in [0, 0.05) is 25.0 Å². The molecule has 0 unspecified atom stereocenters. The first kappa shape index (κ1) is 19.2. The smallest absolute Gasteiger partial charge is 0.422 e. The molecule has 2 amide bonds. The lowest BCUT2D eigenvalue weighted by Gasteiger charge is -2.09. The van der Waals surface area contributed by atoms with Crippen molar-refractivity contribution in [1.29, 1.82) is 0 Å². The van der Waals surface area contributed by atoms with E-state index in [9.17, 15) is 22.8 Å². The van der Waals surface area contributed by atoms with Crippen LogP contribution in [-0.2, 0) is 11.2 Å². The molecule has 9 heteroatoms. The maximum atomic E-state index is 12.1. The van der Waals surface area contributed by atoms with Crippen LogP contribution in [0.3, 0.4) is 0 Å². The number of alkyl halides is 3. The van der Waals surface area contributed by atoms with Gasteiger partial charge in [0.15, 0.2) is 6.61 Å². The number of likely N-dealkylation sites (N-methyl/N-ethyl adjacent to an activating group) is 1. The molecule has 0 fully saturated rings. The van der Waals surface area contributed by atoms with Crippen molar-refractivity contribution in [3.8, 4) is 5.88 Å². The fourth-order valence-electron chi connectivity index (χ4n) is 1.94. The maximum absolute atomic E-state index is 12.1. The summed E-state index contributed by atoms with van der Waals surface area (Å²) in [7, 11) is 1.55. The molecule has 0 radical (unpaired) electrons. The van der Waals surface area contributed by atoms with E-state index < -0.39 is 18.7 Å². The van der Waals surface area contributed by atoms with E-state index in [-0.39, 0.29) is 23.8 Å². The molecular formula is C17H16F3N3O3. The number of amides is 2. The maximum Gasteiger partial charge on any atom is 0.422 e. The zero-order valence-corrected chi connectivity index (χ0v) is 13.8. The summed E-state index contributed by atoms with van der Waals surface area (Å²) >= 11 is 0. The number of halogens is 3. The largest absolute Gasteiger partial charge is 0.468 e. The fraction of sp³-hybridized carbons (Fsp3) is 0.235. The van der Waals surface area contributed by atoms with Crippen LogP contribution in [-0.4, -0.2) is 36.6 Å². The molecule has 0 bridgehead atoms. The van der Waals surface area contributed by atoms with Crippen molar-refractivity contribution < 1.29 is 27.5 Å². The highest BCUT2D eigenvalue weighted by atomic mass is 19.4. The summed E-state index contributed by atoms with van der Waals surface area (Å²) in [5, 5.41) is 5.14. The van der Waals surface area contributed by atoms with Gasteiger partial charge in [-0.25, -0.2) is 4.98 Å². The van der Waals surface area contributed by atoms with E-state index >= 15 is 0 Å². The zero-order valence-electron chi connectivity index (χ0n) is 13.8. The molecule has 0 aliphatic carbocycles. The van der Waals surface area contributed by atoms with Gasteiger partial charge in [-0.1, -0.05) is 12.1 Å². The van der Waals surface area contributed by atoms with Gasteiger partial charge in [0.25, 0.3) is 5.91 Å². The molecule has 0 saturated carbocycles. The Bertz CT molecular complexity index is 760. The van der Waals surface area contributed by atoms with Gasteiger partial charge in [0.2, 0.25) is 11.8 Å². The molecule has 0 aliphatic rings. The quantitative estimate of drug-likeness (QED) is 0.822. The van der Waals surface area contributed by atoms with E-state index in [1.54, 1.807) is 31.3 Å². The summed E-state index contributed by atoms with van der Waals surface area (Å²) in [5.41, 5.74) is 1.46. The molecule has 0 saturated heterocycles. The Kier molecular flexibility index (Phi) is 6.16. The third-order valence-electron chi connectivity index (χ3n) is 3.24. The number of nitrogens with one attached hydrogen (secondary N) is 2. The molecule has 2 rings (SSSR count). The number of hydrogen-bond acceptors (Lipinski definition) is 4. The number of rotatable bonds is 6. The molecule has 1 aromatic heterocycles. The van der Waals surface area contributed by atoms with Gasteiger partial charge in [0.05, 0.1) is 12.0 Å². The summed E-state index contributed by atoms with van der Waals surface area (Å²) in [6, 6.07) is 9.20. The minimum atomic E-state index is -4.46. The molecule has 26 heavy (non-hydrogen) atoms. The van der Waals surface area contributed by atoms with E-state index in [1.807, 2.05) is 0 Å². The van der Waals surface area contributed by atoms with Crippen LogP contribution >= 0.6 is 0 Å². The predicted molar refractivity (Wildman–Crippen MR) is 88.0 cm³/mol. The highest BCUT2D eigenvalue weighted by Crippen LogP contribution is 2.17. The van der Waals surface area contributed by atoms with Crippen LogP contribution in [0.2, 0.25) is 0 Å². The summed E-state index contributed by atoms with van der Waals surface area (Å²) in [6.07, 6.45) is -3.10. The number of pyridine rings is 1. The zero-order chi connectivity index (χ0) is 19.2. The minimum Gasteiger partial charge on any atom is -0.468 e. The van der Waals surface area contributed by atoms with Crippen molar-refractivity contribution in [1.82, 2.24) is 10.3 Å². The molecule has 138 valence electrons. The molecule has 6 nitrogen and oxygen atoms in total. The highest BCUT2D eigenvalue weighted by Gasteiger charge is 2.28. The predicted octanol–water partition coefficient (Wildman–Crippen LogP) is 2.56. The van der Waals surface area contributed by atoms with Crippen LogP contribution in [0.5, 0.6) is 5.88 Å². The van der Waals surface area contributed by atoms with Gasteiger partial charge in [-0.05, 0) is 23.8 Å². The molecule has 1 heterocycles. The standard InChI is InChI=1S/C17H16F3N3O3/c1-21-14(24)8-11-2-5-13(6-3-11)23-16(25)12-4-7-15(22-9-12)26-10-17(18,19)20/h2-7,9H,8,10H2,1H3,(H,21,24)(H,23,25). The first-order valence-electron chi connectivity index (χ1n) is 7.53. The highest BCUT2D eigenvalue weighted by molar-refractivity contribution is 6.04. The molecule has 2 aromatic rings. The topological polar surface area (TPSA) is 80.3 Å². The van der Waals surface area contributed by atoms with Crippen LogP contribution in [0.4, 0.5) is 18.9 Å². The van der Waals surface area contributed by atoms with Crippen molar-refractivity contribution in [2.24, 2.45) is 0 Å². The second-order valence-corrected chi connectivity index (χ2v) is 5.29. The number of carbonyl (C=O) groups is 2. The normalized spacial score (nSPS) is 10.9. The number of aromatic nitrogens is 1. The van der Waals surface area contributed by atoms with Crippen LogP contribution in [0.1, 0.15) is 15.9 Å². The summed E-state index contributed by atoms with van der Waals surface area (Å²) in [4.78, 5) is 27.1. The average molecular weight is 367 g/mol. The van der Waals surface area contributed by atoms with E-state index in [0.717, 1.165) is 11.8 Å². The fourth-order valence-corrected chi connectivity index (χ4v) is 1.94. The Morgan fingerprint density at radius 2 is 1.81 bits per heavy atom. The monoisotopic (exact) mass is 367 g/mol. The number of hydrogen-bond donors (Lipinski definition) is 2. The first-order chi connectivity index (χ1) is 12.3. The Morgan fingerprint density at radius 3 is 2.35 bits per heavy atom. The van der Waals surface area contributed by atoms with Crippen molar-refractivity contribution in [3.63, 3.8) is 0 Å². The summed E-state index contributed by atoms with van der Waals surface area (Å²) in [6.45, 7) is -1.45. The number of benzene rings is 1. The summed E-state index contributed by atoms with van der Waals surface area (Å²) < 4.78 is 40.7. The van der Waals surface area contributed by atoms with Crippen molar-refractivity contribution in [3.05, 3.63) is 53.7 Å². The van der Waals surface area contributed by atoms with Gasteiger partial charge in [-0.15, -0.1) is 0 Å². The molecule has 2 N–H and O–H groups in total. The van der Waals surface area contributed by atoms with Crippen LogP contribution in [0.25, 0.3) is 0 Å². The third kappa shape index (κ3) is 6.08. The van der Waals surface area contributed by atoms with E-state index in [4.69, 9.17) is 0 Å². The van der Waals surface area contributed by atoms with Crippen LogP contribution in [0, 0.1) is 0 Å². The minimum absolute atomic E-state index is 0.124. The lowest BCUT2D eigenvalue weighted by Crippen LogP contribution is -2.20. The van der Waals surface area contributed by atoms with Gasteiger partial charge in [-0.2, -0.15) is 13.2 Å². The van der Waals surface area contributed by atoms with E-state index in [1.165, 1.54) is 12.1 Å². The SMILES string of the molecule is CNC(=O)Cc1ccc(NC(=O)c2ccc(OCC(F)(F)F)nc2)cc1. The summed E-state index contributed by atoms with van der Waals surface area (Å²) in [5.74, 6) is -0.822. The number of anilines is 1. The lowest BCUT2D eigenvalue weighted by atomic mass is 10.1. The molecular weight excluding hydrogens is 351 g/mol. The molecule has 0 atom stereocenters. The Morgan fingerprint density at radius 1 is 1.12 bits per heavy atom. The Labute approximate surface area is 147 Å². The number of nitrogens with zero attached hydrogens (tertiary/aromatic N) is 1. The average Bonchev–Trinajstić information content (AvgIpc) is 2.61. The van der Waals surface area contributed by atoms with Gasteiger partial charge in [0.1, 0.15) is 0 Å². The molecule has 0 aliphatic heterocycles. The van der Waals surface area contributed by atoms with Crippen LogP contribution in [0.15, 0.2) is 42.6 Å². The third-order valence-corrected chi connectivity index (χ3v) is 3.24. The molecule has 0 spiro atoms. The number of ether oxygens (including phenoxy) is 1. The van der Waals surface area contributed by atoms with E-state index in [0.29, 0.717) is 5.69 Å². The first-order valence-corrected chi connectivity index (χ1v) is 7.53. The second-order valence-electron chi connectivity index (χ2n) is 5.29. The molecule has 1 aromatic carbocycles. The Hall–Kier alpha value is -3.10. The van der Waals surface area contributed by atoms with Gasteiger partial charge < -0.3 is 15.4 Å². The number of carbonyl (C=O) groups excluding carboxylic acids is 2. The van der Waals surface area contributed by atoms with Gasteiger partial charge in [-0.3, -0.25) is 9.59 Å². The second kappa shape index (κ2) is 8.32. The van der Waals surface area contributed by atoms with Crippen molar-refractivity contribution >= 4 is 17.5 Å². The van der Waals surface area contributed by atoms with E-state index in [2.05, 4.69) is 20.4 Å².